The highest BCUT2D eigenvalue weighted by Gasteiger charge is 2.55. The molecule has 4 N–H and O–H groups in total. The Bertz CT molecular complexity index is 3720. The zero-order valence-electron chi connectivity index (χ0n) is 65.1. The number of fused-ring (bicyclic) bond motifs is 2. The van der Waals surface area contributed by atoms with Gasteiger partial charge in [-0.25, -0.2) is 19.9 Å². The second-order valence-corrected chi connectivity index (χ2v) is 30.2. The summed E-state index contributed by atoms with van der Waals surface area (Å²) in [5.41, 5.74) is 7.13. The van der Waals surface area contributed by atoms with Gasteiger partial charge in [0.15, 0.2) is 0 Å². The van der Waals surface area contributed by atoms with E-state index in [9.17, 15) is 20.1 Å². The van der Waals surface area contributed by atoms with Crippen LogP contribution in [0.25, 0.3) is 67.1 Å². The lowest BCUT2D eigenvalue weighted by atomic mass is 9.72. The van der Waals surface area contributed by atoms with Gasteiger partial charge in [0.05, 0.1) is 93.7 Å². The fourth-order valence-corrected chi connectivity index (χ4v) is 13.1. The molecule has 2 aromatic heterocycles. The van der Waals surface area contributed by atoms with Crippen molar-refractivity contribution in [2.75, 3.05) is 26.4 Å². The first-order chi connectivity index (χ1) is 50.1. The Balaban J connectivity index is 0.000000298. The van der Waals surface area contributed by atoms with E-state index in [-0.39, 0.29) is 37.8 Å². The molecule has 0 aliphatic carbocycles. The van der Waals surface area contributed by atoms with Gasteiger partial charge in [-0.3, -0.25) is 0 Å². The lowest BCUT2D eigenvalue weighted by Crippen LogP contribution is -2.41. The van der Waals surface area contributed by atoms with Gasteiger partial charge in [0.1, 0.15) is 23.0 Å². The summed E-state index contributed by atoms with van der Waals surface area (Å²) in [6, 6.07) is 38.7. The van der Waals surface area contributed by atoms with E-state index in [1.54, 1.807) is 0 Å². The van der Waals surface area contributed by atoms with Crippen LogP contribution in [0.3, 0.4) is 0 Å². The molecule has 0 atom stereocenters. The van der Waals surface area contributed by atoms with Crippen molar-refractivity contribution in [3.63, 3.8) is 0 Å². The fourth-order valence-electron chi connectivity index (χ4n) is 13.1. The molecule has 2 aliphatic heterocycles. The molecule has 4 heterocycles. The van der Waals surface area contributed by atoms with Crippen molar-refractivity contribution < 1.29 is 57.7 Å². The first-order valence-electron chi connectivity index (χ1n) is 39.1. The summed E-state index contributed by atoms with van der Waals surface area (Å²) in [7, 11) is -4.96. The van der Waals surface area contributed by atoms with Crippen LogP contribution in [-0.2, 0) is 18.6 Å². The molecule has 0 saturated carbocycles. The molecular weight excluding hydrogens is 1320 g/mol. The summed E-state index contributed by atoms with van der Waals surface area (Å²) >= 11 is 0. The minimum atomic E-state index is -1.83. The molecule has 3 radical (unpaired) electrons. The number of aromatic nitrogens is 4. The van der Waals surface area contributed by atoms with Crippen LogP contribution >= 0.6 is 0 Å². The van der Waals surface area contributed by atoms with E-state index in [1.165, 1.54) is 128 Å². The van der Waals surface area contributed by atoms with Crippen molar-refractivity contribution in [1.82, 2.24) is 19.9 Å². The second kappa shape index (κ2) is 41.7. The molecule has 10 rings (SSSR count). The summed E-state index contributed by atoms with van der Waals surface area (Å²) in [4.78, 5) is 20.9. The number of hydrogen-bond donors (Lipinski definition) is 4. The Kier molecular flexibility index (Phi) is 34.0. The quantitative estimate of drug-likeness (QED) is 0.0208. The lowest BCUT2D eigenvalue weighted by molar-refractivity contribution is 0.00578. The number of rotatable bonds is 40. The summed E-state index contributed by atoms with van der Waals surface area (Å²) in [5, 5.41) is 40.6. The van der Waals surface area contributed by atoms with Crippen LogP contribution in [0.15, 0.2) is 121 Å². The monoisotopic (exact) mass is 1440 g/mol. The van der Waals surface area contributed by atoms with Crippen LogP contribution in [0.5, 0.6) is 23.0 Å². The molecule has 106 heavy (non-hydrogen) atoms. The second-order valence-electron chi connectivity index (χ2n) is 30.2. The molecule has 2 saturated heterocycles. The molecule has 0 amide bonds. The Hall–Kier alpha value is -6.80. The average molecular weight is 1440 g/mol. The predicted molar refractivity (Wildman–Crippen MR) is 440 cm³/mol. The number of hydrogen-bond acceptors (Lipinski definition) is 16. The molecule has 16 nitrogen and oxygen atoms in total. The molecule has 2 fully saturated rings. The van der Waals surface area contributed by atoms with Gasteiger partial charge in [-0.15, -0.1) is 0 Å². The molecule has 8 aromatic rings. The summed E-state index contributed by atoms with van der Waals surface area (Å²) < 4.78 is 51.5. The van der Waals surface area contributed by atoms with Crippen LogP contribution in [-0.4, -0.2) is 126 Å². The van der Waals surface area contributed by atoms with Gasteiger partial charge in [-0.2, -0.15) is 0 Å². The molecule has 0 spiro atoms. The molecule has 2 aliphatic rings. The van der Waals surface area contributed by atoms with E-state index in [0.717, 1.165) is 94.6 Å². The molecule has 21 heteroatoms. The standard InChI is InChI=1S/C48H68B2N2O6.C36H48B2N2O6.CH4.B/c1-11-13-15-17-19-21-31-53-37-27-23-25-35(33-37)41-42(36-26-24-28-38(34-36)54-32-22-20-18-16-14-12-2)52-44-40(50-57-47(7,8)48(9,10)58-50)30-29-39(43(44)51-41)49-55-45(3,4)46(5,6)56-49;1-3-5-7-9-11-13-23-45-29-19-15-17-27(25-29)33-34(28-18-16-20-30(26-28)46-24-14-12-10-8-6-4-2)40-36-32(38(43)44)22-21-31(37(41)42)35(36)39-33;;/h23-30,33-34H,11-22,31-32H2,1-10H3;15-22,25-26,41-44H,3-14,23-24H2,1-2H3;1H4;. The van der Waals surface area contributed by atoms with E-state index in [0.29, 0.717) is 60.3 Å². The Morgan fingerprint density at radius 3 is 0.783 bits per heavy atom. The fraction of sp³-hybridized carbons (Fsp3) is 0.529. The zero-order chi connectivity index (χ0) is 74.3. The largest absolute Gasteiger partial charge is 0.497 e. The maximum atomic E-state index is 10.2. The third-order valence-corrected chi connectivity index (χ3v) is 20.8. The zero-order valence-corrected chi connectivity index (χ0v) is 65.1. The first kappa shape index (κ1) is 86.4. The minimum absolute atomic E-state index is 0. The van der Waals surface area contributed by atoms with Crippen molar-refractivity contribution in [3.8, 4) is 68.0 Å². The summed E-state index contributed by atoms with van der Waals surface area (Å²) in [6.07, 6.45) is 28.6. The van der Waals surface area contributed by atoms with Crippen LogP contribution in [0.4, 0.5) is 0 Å². The smallest absolute Gasteiger partial charge is 0.494 e. The van der Waals surface area contributed by atoms with Gasteiger partial charge in [0.2, 0.25) is 0 Å². The van der Waals surface area contributed by atoms with Gasteiger partial charge >= 0.3 is 28.5 Å². The van der Waals surface area contributed by atoms with Gasteiger partial charge in [0, 0.05) is 52.5 Å². The summed E-state index contributed by atoms with van der Waals surface area (Å²) in [6.45, 7) is 28.1. The number of nitrogens with zero attached hydrogens (tertiary/aromatic N) is 4. The van der Waals surface area contributed by atoms with Crippen LogP contribution < -0.4 is 40.8 Å². The molecule has 567 valence electrons. The van der Waals surface area contributed by atoms with Crippen molar-refractivity contribution >= 4 is 80.8 Å². The highest BCUT2D eigenvalue weighted by Crippen LogP contribution is 2.41. The number of unbranched alkanes of at least 4 members (excludes halogenated alkanes) is 20. The van der Waals surface area contributed by atoms with Crippen molar-refractivity contribution in [3.05, 3.63) is 121 Å². The van der Waals surface area contributed by atoms with Crippen LogP contribution in [0.1, 0.15) is 245 Å². The van der Waals surface area contributed by atoms with E-state index >= 15 is 0 Å². The van der Waals surface area contributed by atoms with E-state index in [4.69, 9.17) is 57.5 Å². The third-order valence-electron chi connectivity index (χ3n) is 20.8. The maximum absolute atomic E-state index is 10.2. The Morgan fingerprint density at radius 1 is 0.321 bits per heavy atom. The van der Waals surface area contributed by atoms with Crippen molar-refractivity contribution in [2.24, 2.45) is 0 Å². The van der Waals surface area contributed by atoms with E-state index in [1.807, 2.05) is 84.9 Å². The average Bonchev–Trinajstić information content (AvgIpc) is 1.42. The van der Waals surface area contributed by atoms with Gasteiger partial charge in [0.25, 0.3) is 0 Å². The first-order valence-corrected chi connectivity index (χ1v) is 39.1. The van der Waals surface area contributed by atoms with Crippen LogP contribution in [0, 0.1) is 0 Å². The third kappa shape index (κ3) is 23.1. The van der Waals surface area contributed by atoms with E-state index in [2.05, 4.69) is 107 Å². The maximum Gasteiger partial charge on any atom is 0.497 e. The predicted octanol–water partition coefficient (Wildman–Crippen LogP) is 17.1. The molecule has 6 aromatic carbocycles. The highest BCUT2D eigenvalue weighted by molar-refractivity contribution is 6.68. The van der Waals surface area contributed by atoms with Crippen LogP contribution in [0.2, 0.25) is 0 Å². The van der Waals surface area contributed by atoms with Crippen molar-refractivity contribution in [2.45, 2.75) is 267 Å². The number of ether oxygens (including phenoxy) is 4. The van der Waals surface area contributed by atoms with Crippen molar-refractivity contribution in [1.29, 1.82) is 0 Å². The minimum Gasteiger partial charge on any atom is -0.494 e. The molecular formula is C85H120B5N4O12. The Labute approximate surface area is 637 Å². The SMILES string of the molecule is C.CCCCCCCCOc1cccc(-c2nc3c(B(O)O)ccc(B(O)O)c3nc2-c2cccc(OCCCCCCCC)c2)c1.CCCCCCCCOc1cccc(-c2nc3c(B4OC(C)(C)C(C)(C)O4)ccc(B4OC(C)(C)C(C)(C)O4)c3nc2-c2cccc(OCCCCCCCC)c2)c1.[B]. The molecule has 0 bridgehead atoms. The van der Waals surface area contributed by atoms with Gasteiger partial charge in [-0.1, -0.05) is 236 Å². The van der Waals surface area contributed by atoms with E-state index < -0.39 is 50.9 Å². The summed E-state index contributed by atoms with van der Waals surface area (Å²) in [5.74, 6) is 3.04. The van der Waals surface area contributed by atoms with Gasteiger partial charge < -0.3 is 57.7 Å². The Morgan fingerprint density at radius 2 is 0.547 bits per heavy atom. The topological polar surface area (TPSA) is 206 Å². The highest BCUT2D eigenvalue weighted by atomic mass is 16.7. The molecule has 0 unspecified atom stereocenters. The lowest BCUT2D eigenvalue weighted by Gasteiger charge is -2.32. The normalized spacial score (nSPS) is 14.7. The van der Waals surface area contributed by atoms with Gasteiger partial charge in [-0.05, 0) is 130 Å². The number of benzene rings is 6.